The Morgan fingerprint density at radius 3 is 3.22 bits per heavy atom. The molecule has 3 aromatic rings. The predicted octanol–water partition coefficient (Wildman–Crippen LogP) is 2.05. The van der Waals surface area contributed by atoms with E-state index in [-0.39, 0.29) is 11.9 Å². The van der Waals surface area contributed by atoms with Crippen molar-refractivity contribution in [2.45, 2.75) is 32.4 Å². The molecule has 1 atom stereocenters. The molecular weight excluding hydrogens is 314 g/mol. The summed E-state index contributed by atoms with van der Waals surface area (Å²) in [7, 11) is 0. The summed E-state index contributed by atoms with van der Waals surface area (Å²) in [6.45, 7) is 2.63. The Hall–Kier alpha value is -2.48. The molecule has 0 unspecified atom stereocenters. The summed E-state index contributed by atoms with van der Waals surface area (Å²) in [4.78, 5) is 16.7. The summed E-state index contributed by atoms with van der Waals surface area (Å²) in [5.74, 6) is 2.39. The highest BCUT2D eigenvalue weighted by molar-refractivity contribution is 7.13. The van der Waals surface area contributed by atoms with Crippen LogP contribution in [0, 0.1) is 6.92 Å². The fraction of sp³-hybridized carbons (Fsp3) is 0.333. The highest BCUT2D eigenvalue weighted by Crippen LogP contribution is 2.24. The first-order valence-electron chi connectivity index (χ1n) is 7.39. The van der Waals surface area contributed by atoms with Crippen molar-refractivity contribution < 1.29 is 9.21 Å². The third-order valence-corrected chi connectivity index (χ3v) is 4.79. The largest absolute Gasteiger partial charge is 0.462 e. The SMILES string of the molecule is Cc1nnc2n1C[C@H](NC(=O)c1csc(-c3ccco3)n1)CC2. The van der Waals surface area contributed by atoms with E-state index in [1.54, 1.807) is 17.7 Å². The highest BCUT2D eigenvalue weighted by atomic mass is 32.1. The lowest BCUT2D eigenvalue weighted by Gasteiger charge is -2.24. The third-order valence-electron chi connectivity index (χ3n) is 3.94. The number of aromatic nitrogens is 4. The van der Waals surface area contributed by atoms with E-state index < -0.39 is 0 Å². The average molecular weight is 329 g/mol. The first kappa shape index (κ1) is 14.1. The molecule has 0 aliphatic carbocycles. The van der Waals surface area contributed by atoms with Gasteiger partial charge in [0.05, 0.1) is 6.26 Å². The number of carbonyl (C=O) groups is 1. The summed E-state index contributed by atoms with van der Waals surface area (Å²) in [5, 5.41) is 13.7. The topological polar surface area (TPSA) is 85.8 Å². The van der Waals surface area contributed by atoms with Crippen molar-refractivity contribution in [1.82, 2.24) is 25.1 Å². The molecule has 4 rings (SSSR count). The van der Waals surface area contributed by atoms with E-state index in [2.05, 4.69) is 25.1 Å². The minimum Gasteiger partial charge on any atom is -0.462 e. The predicted molar refractivity (Wildman–Crippen MR) is 84.2 cm³/mol. The van der Waals surface area contributed by atoms with Crippen LogP contribution in [0.2, 0.25) is 0 Å². The van der Waals surface area contributed by atoms with E-state index in [9.17, 15) is 4.79 Å². The molecule has 0 saturated heterocycles. The minimum atomic E-state index is -0.154. The highest BCUT2D eigenvalue weighted by Gasteiger charge is 2.24. The molecule has 1 aliphatic heterocycles. The van der Waals surface area contributed by atoms with E-state index in [0.29, 0.717) is 23.0 Å². The molecule has 0 saturated carbocycles. The van der Waals surface area contributed by atoms with E-state index in [1.165, 1.54) is 11.3 Å². The lowest BCUT2D eigenvalue weighted by molar-refractivity contribution is 0.0923. The normalized spacial score (nSPS) is 17.0. The first-order valence-corrected chi connectivity index (χ1v) is 8.27. The van der Waals surface area contributed by atoms with Crippen LogP contribution in [-0.4, -0.2) is 31.7 Å². The van der Waals surface area contributed by atoms with Crippen LogP contribution >= 0.6 is 11.3 Å². The molecule has 4 heterocycles. The molecule has 1 amide bonds. The van der Waals surface area contributed by atoms with Crippen molar-refractivity contribution in [1.29, 1.82) is 0 Å². The van der Waals surface area contributed by atoms with E-state index in [1.807, 2.05) is 13.0 Å². The van der Waals surface area contributed by atoms with Crippen LogP contribution in [0.3, 0.4) is 0 Å². The van der Waals surface area contributed by atoms with Gasteiger partial charge in [-0.2, -0.15) is 0 Å². The third kappa shape index (κ3) is 2.65. The smallest absolute Gasteiger partial charge is 0.271 e. The van der Waals surface area contributed by atoms with E-state index in [4.69, 9.17) is 4.42 Å². The van der Waals surface area contributed by atoms with Crippen molar-refractivity contribution in [2.75, 3.05) is 0 Å². The number of hydrogen-bond donors (Lipinski definition) is 1. The molecule has 1 N–H and O–H groups in total. The Bertz CT molecular complexity index is 836. The van der Waals surface area contributed by atoms with Gasteiger partial charge in [0.25, 0.3) is 5.91 Å². The second kappa shape index (κ2) is 5.62. The van der Waals surface area contributed by atoms with Gasteiger partial charge in [-0.05, 0) is 25.5 Å². The number of furan rings is 1. The Labute approximate surface area is 136 Å². The van der Waals surface area contributed by atoms with Gasteiger partial charge in [-0.1, -0.05) is 0 Å². The molecule has 23 heavy (non-hydrogen) atoms. The fourth-order valence-corrected chi connectivity index (χ4v) is 3.50. The van der Waals surface area contributed by atoms with E-state index >= 15 is 0 Å². The zero-order valence-electron chi connectivity index (χ0n) is 12.5. The first-order chi connectivity index (χ1) is 11.2. The quantitative estimate of drug-likeness (QED) is 0.795. The molecule has 118 valence electrons. The number of rotatable bonds is 3. The molecule has 0 radical (unpaired) electrons. The summed E-state index contributed by atoms with van der Waals surface area (Å²) in [6.07, 6.45) is 3.27. The average Bonchev–Trinajstić information content (AvgIpc) is 3.27. The van der Waals surface area contributed by atoms with Crippen LogP contribution in [0.4, 0.5) is 0 Å². The lowest BCUT2D eigenvalue weighted by Crippen LogP contribution is -2.41. The van der Waals surface area contributed by atoms with Crippen LogP contribution < -0.4 is 5.32 Å². The summed E-state index contributed by atoms with van der Waals surface area (Å²) < 4.78 is 7.36. The number of fused-ring (bicyclic) bond motifs is 1. The second-order valence-electron chi connectivity index (χ2n) is 5.50. The summed E-state index contributed by atoms with van der Waals surface area (Å²) in [5.41, 5.74) is 0.424. The van der Waals surface area contributed by atoms with Crippen LogP contribution in [0.15, 0.2) is 28.2 Å². The number of nitrogens with one attached hydrogen (secondary N) is 1. The van der Waals surface area contributed by atoms with Gasteiger partial charge in [0.15, 0.2) is 10.8 Å². The second-order valence-corrected chi connectivity index (χ2v) is 6.36. The van der Waals surface area contributed by atoms with Crippen LogP contribution in [-0.2, 0) is 13.0 Å². The number of thiazole rings is 1. The summed E-state index contributed by atoms with van der Waals surface area (Å²) in [6, 6.07) is 3.70. The van der Waals surface area contributed by atoms with Gasteiger partial charge in [-0.3, -0.25) is 4.79 Å². The standard InChI is InChI=1S/C15H15N5O2S/c1-9-18-19-13-5-4-10(7-20(9)13)16-14(21)11-8-23-15(17-11)12-3-2-6-22-12/h2-3,6,8,10H,4-5,7H2,1H3,(H,16,21)/t10-/m1/s1. The van der Waals surface area contributed by atoms with Gasteiger partial charge in [-0.25, -0.2) is 4.98 Å². The van der Waals surface area contributed by atoms with Crippen molar-refractivity contribution >= 4 is 17.2 Å². The molecule has 0 aromatic carbocycles. The number of aryl methyl sites for hydroxylation is 2. The zero-order chi connectivity index (χ0) is 15.8. The number of amides is 1. The lowest BCUT2D eigenvalue weighted by atomic mass is 10.1. The Morgan fingerprint density at radius 1 is 1.48 bits per heavy atom. The molecule has 7 nitrogen and oxygen atoms in total. The van der Waals surface area contributed by atoms with Crippen LogP contribution in [0.5, 0.6) is 0 Å². The maximum absolute atomic E-state index is 12.4. The number of nitrogens with zero attached hydrogens (tertiary/aromatic N) is 4. The molecule has 1 aliphatic rings. The number of hydrogen-bond acceptors (Lipinski definition) is 6. The van der Waals surface area contributed by atoms with E-state index in [0.717, 1.165) is 24.5 Å². The molecular formula is C15H15N5O2S. The molecule has 3 aromatic heterocycles. The molecule has 0 spiro atoms. The van der Waals surface area contributed by atoms with Gasteiger partial charge in [0, 0.05) is 24.4 Å². The maximum Gasteiger partial charge on any atom is 0.271 e. The zero-order valence-corrected chi connectivity index (χ0v) is 13.3. The minimum absolute atomic E-state index is 0.0680. The van der Waals surface area contributed by atoms with Gasteiger partial charge in [0.1, 0.15) is 17.3 Å². The molecule has 0 bridgehead atoms. The van der Waals surface area contributed by atoms with Gasteiger partial charge < -0.3 is 14.3 Å². The van der Waals surface area contributed by atoms with Crippen LogP contribution in [0.1, 0.15) is 28.6 Å². The maximum atomic E-state index is 12.4. The molecule has 0 fully saturated rings. The fourth-order valence-electron chi connectivity index (χ4n) is 2.73. The Morgan fingerprint density at radius 2 is 2.39 bits per heavy atom. The van der Waals surface area contributed by atoms with Crippen LogP contribution in [0.25, 0.3) is 10.8 Å². The van der Waals surface area contributed by atoms with Crippen molar-refractivity contribution in [3.8, 4) is 10.8 Å². The van der Waals surface area contributed by atoms with Gasteiger partial charge in [0.2, 0.25) is 0 Å². The van der Waals surface area contributed by atoms with Crippen molar-refractivity contribution in [2.24, 2.45) is 0 Å². The molecule has 8 heteroatoms. The van der Waals surface area contributed by atoms with Gasteiger partial charge in [-0.15, -0.1) is 21.5 Å². The van der Waals surface area contributed by atoms with Crippen molar-refractivity contribution in [3.05, 3.63) is 41.1 Å². The van der Waals surface area contributed by atoms with Gasteiger partial charge >= 0.3 is 0 Å². The Balaban J connectivity index is 1.46. The monoisotopic (exact) mass is 329 g/mol. The Kier molecular flexibility index (Phi) is 3.45. The number of carbonyl (C=O) groups excluding carboxylic acids is 1. The summed E-state index contributed by atoms with van der Waals surface area (Å²) >= 11 is 1.40. The van der Waals surface area contributed by atoms with Crippen molar-refractivity contribution in [3.63, 3.8) is 0 Å².